The molecular weight excluding hydrogens is 1830 g/mol. The number of aliphatic hydroxyl groups excluding tert-OH is 1. The molecular formula is C112H120N28O6. The van der Waals surface area contributed by atoms with Crippen LogP contribution >= 0.6 is 0 Å². The normalized spacial score (nSPS) is 15.8. The van der Waals surface area contributed by atoms with Crippen molar-refractivity contribution in [2.75, 3.05) is 126 Å². The number of pyridine rings is 8. The van der Waals surface area contributed by atoms with Crippen molar-refractivity contribution in [1.29, 1.82) is 0 Å². The zero-order chi connectivity index (χ0) is 99.4. The van der Waals surface area contributed by atoms with E-state index in [1.54, 1.807) is 49.6 Å². The summed E-state index contributed by atoms with van der Waals surface area (Å²) < 4.78 is 5.94. The zero-order valence-corrected chi connectivity index (χ0v) is 81.9. The number of aromatic nitrogens is 16. The van der Waals surface area contributed by atoms with Crippen molar-refractivity contribution in [3.63, 3.8) is 0 Å². The van der Waals surface area contributed by atoms with Crippen LogP contribution in [-0.2, 0) is 39.3 Å². The number of benzene rings is 5. The van der Waals surface area contributed by atoms with Gasteiger partial charge in [0.2, 0.25) is 0 Å². The highest BCUT2D eigenvalue weighted by atomic mass is 16.5. The van der Waals surface area contributed by atoms with Crippen molar-refractivity contribution < 1.29 is 29.0 Å². The van der Waals surface area contributed by atoms with Crippen LogP contribution in [0.3, 0.4) is 0 Å². The summed E-state index contributed by atoms with van der Waals surface area (Å²) >= 11 is 0. The van der Waals surface area contributed by atoms with E-state index in [9.17, 15) is 24.3 Å². The molecule has 0 unspecified atom stereocenters. The highest BCUT2D eigenvalue weighted by Gasteiger charge is 2.26. The van der Waals surface area contributed by atoms with E-state index in [1.807, 2.05) is 189 Å². The fraction of sp³-hybridized carbons (Fsp3) is 0.304. The second-order valence-electron chi connectivity index (χ2n) is 38.5. The number of nitrogen functional groups attached to an aromatic ring is 1. The van der Waals surface area contributed by atoms with Gasteiger partial charge in [0.05, 0.1) is 110 Å². The Labute approximate surface area is 845 Å². The van der Waals surface area contributed by atoms with Gasteiger partial charge in [-0.1, -0.05) is 61.7 Å². The van der Waals surface area contributed by atoms with Crippen molar-refractivity contribution in [2.24, 2.45) is 0 Å². The number of piperidine rings is 4. The van der Waals surface area contributed by atoms with Gasteiger partial charge in [-0.15, -0.1) is 0 Å². The molecule has 6 fully saturated rings. The number of piperazine rings is 1. The SMILES string of the molecule is CN1CCN(Cc2ccc(NC(=O)c3n[nH]c4ccc(-c5cncc(N)c5)cc34)cn2)CC1.O=C(Nc1ccc(CN2CCCCC2)nc1)c1n[nH]c2ccc(-c3cncc(CN4CCC(O)CC4)c3)cc12.O=C(Nc1ccc(CN2CCCCC2)nc1)c1n[nH]c2ccc(-c3cncc(CN4CCC4)c3)cc12.O=C(Nc1ccc(CN2CCCCC2)nc1)c1n[nH]c2ccc(-c3cncc(Oc4ccccc4)c3)cc12. The number of aliphatic hydroxyl groups is 1. The summed E-state index contributed by atoms with van der Waals surface area (Å²) in [5, 5.41) is 53.5. The second kappa shape index (κ2) is 46.8. The van der Waals surface area contributed by atoms with Gasteiger partial charge in [-0.05, 0) is 284 Å². The van der Waals surface area contributed by atoms with E-state index < -0.39 is 0 Å². The number of carbonyl (C=O) groups is 4. The first-order valence-electron chi connectivity index (χ1n) is 50.5. The lowest BCUT2D eigenvalue weighted by Gasteiger charge is -2.32. The van der Waals surface area contributed by atoms with Gasteiger partial charge < -0.3 is 41.7 Å². The molecule has 0 spiro atoms. The maximum atomic E-state index is 13.2. The Bertz CT molecular complexity index is 7330. The highest BCUT2D eigenvalue weighted by Crippen LogP contribution is 2.35. The monoisotopic (exact) mass is 1950 g/mol. The number of ether oxygens (including phenoxy) is 1. The maximum absolute atomic E-state index is 13.2. The van der Waals surface area contributed by atoms with Crippen molar-refractivity contribution in [1.82, 2.24) is 115 Å². The lowest BCUT2D eigenvalue weighted by atomic mass is 10.0. The van der Waals surface area contributed by atoms with Gasteiger partial charge in [-0.25, -0.2) is 0 Å². The van der Waals surface area contributed by atoms with Crippen molar-refractivity contribution in [3.05, 3.63) is 307 Å². The van der Waals surface area contributed by atoms with Crippen LogP contribution < -0.4 is 31.7 Å². The molecule has 6 saturated heterocycles. The van der Waals surface area contributed by atoms with E-state index in [1.165, 1.54) is 69.8 Å². The molecule has 11 N–H and O–H groups in total. The quantitative estimate of drug-likeness (QED) is 0.0241. The third kappa shape index (κ3) is 25.4. The molecule has 0 aliphatic carbocycles. The molecule has 34 nitrogen and oxygen atoms in total. The summed E-state index contributed by atoms with van der Waals surface area (Å²) in [6, 6.07) is 56.8. The number of likely N-dealkylation sites (tertiary alicyclic amines) is 5. The minimum Gasteiger partial charge on any atom is -0.456 e. The summed E-state index contributed by atoms with van der Waals surface area (Å²) in [4.78, 5) is 105. The molecule has 0 radical (unpaired) electrons. The number of nitrogens with zero attached hydrogens (tertiary/aromatic N) is 19. The van der Waals surface area contributed by atoms with Gasteiger partial charge in [0.25, 0.3) is 23.6 Å². The number of carbonyl (C=O) groups excluding carboxylic acids is 4. The summed E-state index contributed by atoms with van der Waals surface area (Å²) in [7, 11) is 2.14. The minimum absolute atomic E-state index is 0.182. The Morgan fingerprint density at radius 1 is 0.315 bits per heavy atom. The van der Waals surface area contributed by atoms with E-state index >= 15 is 0 Å². The van der Waals surface area contributed by atoms with Crippen LogP contribution in [0.4, 0.5) is 28.4 Å². The van der Waals surface area contributed by atoms with Crippen molar-refractivity contribution in [3.8, 4) is 56.0 Å². The number of hydrogen-bond acceptors (Lipinski definition) is 26. The lowest BCUT2D eigenvalue weighted by molar-refractivity contribution is 0.0792. The number of nitrogens with two attached hydrogens (primary N) is 1. The predicted octanol–water partition coefficient (Wildman–Crippen LogP) is 17.3. The Morgan fingerprint density at radius 2 is 0.637 bits per heavy atom. The molecule has 18 heterocycles. The zero-order valence-electron chi connectivity index (χ0n) is 81.9. The number of hydrogen-bond donors (Lipinski definition) is 10. The van der Waals surface area contributed by atoms with Gasteiger partial charge in [-0.2, -0.15) is 20.4 Å². The number of amides is 4. The standard InChI is InChI=1S/C30H35N7O2.C30H28N6O2.C28H31N7O.C24H26N8O/c38-26-8-12-37(13-9-26)19-21-14-23(17-31-16-21)22-4-7-28-27(15-22)29(35-34-28)30(39)33-24-5-6-25(32-18-24)20-36-10-2-1-3-11-36;37-30(33-23-10-11-24(32-18-23)20-36-13-5-2-6-14-36)29-27-16-21(9-12-28(27)34-35-29)22-15-26(19-31-17-22)38-25-7-3-1-4-8-25;36-28(31-23-6-7-24(30-17-23)19-35-9-2-1-3-10-35)27-25-14-21(5-8-26(25)32-33-27)22-13-20(15-29-16-22)18-34-11-4-12-34;1-31-6-8-32(9-7-31)15-20-4-3-19(14-27-20)28-24(33)23-21-11-16(2-5-22(21)29-30-23)17-10-18(25)13-26-12-17/h4-7,14-18,26,38H,1-3,8-13,19-20H2,(H,33,39)(H,34,35);1,3-4,7-12,15-19H,2,5-6,13-14,20H2,(H,33,37)(H,34,35);5-8,13-17H,1-4,9-12,18-19H2,(H,31,36)(H,32,33);2-5,10-14H,6-9,15,25H2,1H3,(H,28,33)(H,29,30). The first kappa shape index (κ1) is 97.8. The summed E-state index contributed by atoms with van der Waals surface area (Å²) in [5.41, 5.74) is 27.5. The molecule has 12 aromatic heterocycles. The number of likely N-dealkylation sites (N-methyl/N-ethyl adjacent to an activating group) is 1. The Balaban J connectivity index is 0.000000119. The van der Waals surface area contributed by atoms with E-state index in [-0.39, 0.29) is 29.7 Å². The largest absolute Gasteiger partial charge is 0.456 e. The van der Waals surface area contributed by atoms with Gasteiger partial charge in [-0.3, -0.25) is 109 Å². The summed E-state index contributed by atoms with van der Waals surface area (Å²) in [6.45, 7) is 20.1. The van der Waals surface area contributed by atoms with Crippen LogP contribution in [0.5, 0.6) is 11.5 Å². The van der Waals surface area contributed by atoms with Crippen LogP contribution in [0.15, 0.2) is 250 Å². The fourth-order valence-electron chi connectivity index (χ4n) is 19.3. The topological polar surface area (TPSA) is 412 Å². The molecule has 6 aliphatic heterocycles. The van der Waals surface area contributed by atoms with Gasteiger partial charge >= 0.3 is 0 Å². The van der Waals surface area contributed by atoms with Crippen LogP contribution in [0, 0.1) is 0 Å². The molecule has 6 aliphatic rings. The second-order valence-corrected chi connectivity index (χ2v) is 38.5. The molecule has 23 rings (SSSR count). The van der Waals surface area contributed by atoms with E-state index in [2.05, 4.69) is 155 Å². The van der Waals surface area contributed by atoms with E-state index in [0.29, 0.717) is 57.0 Å². The van der Waals surface area contributed by atoms with Crippen LogP contribution in [0.2, 0.25) is 0 Å². The third-order valence-corrected chi connectivity index (χ3v) is 27.6. The molecule has 17 aromatic rings. The van der Waals surface area contributed by atoms with Gasteiger partial charge in [0, 0.05) is 166 Å². The molecule has 4 amide bonds. The van der Waals surface area contributed by atoms with Crippen molar-refractivity contribution in [2.45, 2.75) is 122 Å². The molecule has 5 aromatic carbocycles. The average Bonchev–Trinajstić information content (AvgIpc) is 1.19. The van der Waals surface area contributed by atoms with Crippen LogP contribution in [-0.4, -0.2) is 248 Å². The summed E-state index contributed by atoms with van der Waals surface area (Å²) in [5.74, 6) is 0.257. The number of fused-ring (bicyclic) bond motifs is 4. The first-order chi connectivity index (χ1) is 71.6. The van der Waals surface area contributed by atoms with Crippen LogP contribution in [0.25, 0.3) is 88.1 Å². The Hall–Kier alpha value is -15.7. The predicted molar refractivity (Wildman–Crippen MR) is 568 cm³/mol. The minimum atomic E-state index is -0.294. The Morgan fingerprint density at radius 3 is 0.979 bits per heavy atom. The molecule has 0 saturated carbocycles. The molecule has 34 heteroatoms. The van der Waals surface area contributed by atoms with Gasteiger partial charge in [0.1, 0.15) is 11.5 Å². The van der Waals surface area contributed by atoms with Crippen LogP contribution in [0.1, 0.15) is 153 Å². The molecule has 744 valence electrons. The number of anilines is 5. The number of H-pyrrole nitrogens is 4. The molecule has 0 atom stereocenters. The van der Waals surface area contributed by atoms with E-state index in [4.69, 9.17) is 10.5 Å². The first-order valence-corrected chi connectivity index (χ1v) is 50.5. The lowest BCUT2D eigenvalue weighted by Crippen LogP contribution is -2.43. The van der Waals surface area contributed by atoms with E-state index in [0.717, 1.165) is 266 Å². The number of rotatable bonds is 26. The number of nitrogens with one attached hydrogen (secondary N) is 8. The molecule has 0 bridgehead atoms. The number of aromatic amines is 4. The highest BCUT2D eigenvalue weighted by molar-refractivity contribution is 6.14. The maximum Gasteiger partial charge on any atom is 0.276 e. The molecule has 146 heavy (non-hydrogen) atoms. The van der Waals surface area contributed by atoms with Gasteiger partial charge in [0.15, 0.2) is 22.8 Å². The third-order valence-electron chi connectivity index (χ3n) is 27.6. The number of para-hydroxylation sites is 1. The van der Waals surface area contributed by atoms with Crippen molar-refractivity contribution >= 4 is 95.7 Å². The fourth-order valence-corrected chi connectivity index (χ4v) is 19.3. The summed E-state index contributed by atoms with van der Waals surface area (Å²) in [6.07, 6.45) is 35.4. The average molecular weight is 1950 g/mol. The Kier molecular flexibility index (Phi) is 31.3. The smallest absolute Gasteiger partial charge is 0.276 e.